The molecule has 1 heterocycles. The van der Waals surface area contributed by atoms with E-state index in [9.17, 15) is 4.79 Å². The highest BCUT2D eigenvalue weighted by Gasteiger charge is 2.10. The molecule has 150 valence electrons. The first kappa shape index (κ1) is 20.2. The third kappa shape index (κ3) is 5.04. The van der Waals surface area contributed by atoms with Crippen LogP contribution >= 0.6 is 0 Å². The van der Waals surface area contributed by atoms with Crippen molar-refractivity contribution in [3.8, 4) is 11.5 Å². The molecule has 6 nitrogen and oxygen atoms in total. The number of hydrogen-bond donors (Lipinski definition) is 2. The highest BCUT2D eigenvalue weighted by atomic mass is 16.5. The van der Waals surface area contributed by atoms with Crippen LogP contribution in [0.15, 0.2) is 60.8 Å². The van der Waals surface area contributed by atoms with Crippen LogP contribution in [0.2, 0.25) is 0 Å². The predicted molar refractivity (Wildman–Crippen MR) is 116 cm³/mol. The zero-order valence-electron chi connectivity index (χ0n) is 17.0. The van der Waals surface area contributed by atoms with Gasteiger partial charge in [-0.25, -0.2) is 4.98 Å². The number of nitrogens with one attached hydrogen (secondary N) is 2. The second-order valence-electron chi connectivity index (χ2n) is 6.85. The molecule has 2 aromatic carbocycles. The molecule has 29 heavy (non-hydrogen) atoms. The van der Waals surface area contributed by atoms with Gasteiger partial charge in [0.2, 0.25) is 0 Å². The summed E-state index contributed by atoms with van der Waals surface area (Å²) in [6, 6.07) is 16.8. The second kappa shape index (κ2) is 9.10. The van der Waals surface area contributed by atoms with Gasteiger partial charge in [0.1, 0.15) is 17.3 Å². The predicted octanol–water partition coefficient (Wildman–Crippen LogP) is 5.22. The third-order valence-corrected chi connectivity index (χ3v) is 4.53. The van der Waals surface area contributed by atoms with Gasteiger partial charge >= 0.3 is 0 Å². The van der Waals surface area contributed by atoms with Crippen LogP contribution in [0.5, 0.6) is 11.5 Å². The maximum atomic E-state index is 12.5. The topological polar surface area (TPSA) is 72.5 Å². The fraction of sp³-hybridized carbons (Fsp3) is 0.217. The molecule has 0 atom stereocenters. The number of benzene rings is 2. The molecule has 0 spiro atoms. The maximum Gasteiger partial charge on any atom is 0.257 e. The molecule has 0 unspecified atom stereocenters. The van der Waals surface area contributed by atoms with Crippen molar-refractivity contribution in [3.63, 3.8) is 0 Å². The lowest BCUT2D eigenvalue weighted by molar-refractivity contribution is 0.102. The van der Waals surface area contributed by atoms with Gasteiger partial charge < -0.3 is 20.1 Å². The first-order valence-corrected chi connectivity index (χ1v) is 9.36. The van der Waals surface area contributed by atoms with E-state index < -0.39 is 0 Å². The second-order valence-corrected chi connectivity index (χ2v) is 6.85. The van der Waals surface area contributed by atoms with E-state index in [-0.39, 0.29) is 5.91 Å². The number of hydrogen-bond acceptors (Lipinski definition) is 5. The van der Waals surface area contributed by atoms with Crippen molar-refractivity contribution < 1.29 is 14.3 Å². The van der Waals surface area contributed by atoms with Crippen LogP contribution in [0.25, 0.3) is 0 Å². The number of carbonyl (C=O) groups excluding carboxylic acids is 1. The zero-order chi connectivity index (χ0) is 20.8. The number of nitrogens with zero attached hydrogens (tertiary/aromatic N) is 1. The summed E-state index contributed by atoms with van der Waals surface area (Å²) < 4.78 is 10.6. The molecule has 2 N–H and O–H groups in total. The summed E-state index contributed by atoms with van der Waals surface area (Å²) in [4.78, 5) is 16.8. The highest BCUT2D eigenvalue weighted by molar-refractivity contribution is 6.04. The quantitative estimate of drug-likeness (QED) is 0.578. The number of ether oxygens (including phenoxy) is 2. The molecule has 0 saturated carbocycles. The number of aromatic nitrogens is 1. The van der Waals surface area contributed by atoms with Gasteiger partial charge in [-0.3, -0.25) is 4.79 Å². The molecule has 1 amide bonds. The minimum absolute atomic E-state index is 0.208. The van der Waals surface area contributed by atoms with Gasteiger partial charge in [0, 0.05) is 18.0 Å². The lowest BCUT2D eigenvalue weighted by Crippen LogP contribution is -2.12. The zero-order valence-corrected chi connectivity index (χ0v) is 17.0. The maximum absolute atomic E-state index is 12.5. The molecule has 0 aliphatic rings. The van der Waals surface area contributed by atoms with Crippen molar-refractivity contribution in [2.45, 2.75) is 19.8 Å². The minimum atomic E-state index is -0.208. The van der Waals surface area contributed by atoms with E-state index in [0.717, 1.165) is 11.4 Å². The first-order valence-electron chi connectivity index (χ1n) is 9.36. The lowest BCUT2D eigenvalue weighted by atomic mass is 10.0. The smallest absolute Gasteiger partial charge is 0.257 e. The van der Waals surface area contributed by atoms with Gasteiger partial charge in [-0.15, -0.1) is 0 Å². The number of carbonyl (C=O) groups is 1. The molecule has 0 bridgehead atoms. The summed E-state index contributed by atoms with van der Waals surface area (Å²) in [5.41, 5.74) is 3.18. The molecular weight excluding hydrogens is 366 g/mol. The van der Waals surface area contributed by atoms with Crippen LogP contribution in [-0.2, 0) is 0 Å². The number of amides is 1. The molecule has 3 aromatic rings. The van der Waals surface area contributed by atoms with Crippen molar-refractivity contribution in [1.29, 1.82) is 0 Å². The van der Waals surface area contributed by atoms with Gasteiger partial charge in [0.15, 0.2) is 0 Å². The summed E-state index contributed by atoms with van der Waals surface area (Å²) in [5, 5.41) is 6.07. The Hall–Kier alpha value is -3.54. The Kier molecular flexibility index (Phi) is 6.34. The van der Waals surface area contributed by atoms with Crippen LogP contribution in [0.4, 0.5) is 17.2 Å². The Bertz CT molecular complexity index is 968. The lowest BCUT2D eigenvalue weighted by Gasteiger charge is -2.12. The van der Waals surface area contributed by atoms with Crippen LogP contribution in [0.3, 0.4) is 0 Å². The SMILES string of the molecule is COc1ccc(OC)c(Nc2ccc(C(=O)Nc3ccc(C(C)C)cc3)cn2)c1. The molecule has 0 aliphatic heterocycles. The molecule has 1 aromatic heterocycles. The van der Waals surface area contributed by atoms with Crippen molar-refractivity contribution in [3.05, 3.63) is 71.9 Å². The van der Waals surface area contributed by atoms with Gasteiger partial charge in [0.05, 0.1) is 25.5 Å². The van der Waals surface area contributed by atoms with Crippen molar-refractivity contribution in [1.82, 2.24) is 4.98 Å². The summed E-state index contributed by atoms with van der Waals surface area (Å²) in [6.07, 6.45) is 1.53. The highest BCUT2D eigenvalue weighted by Crippen LogP contribution is 2.31. The van der Waals surface area contributed by atoms with Crippen LogP contribution in [0, 0.1) is 0 Å². The van der Waals surface area contributed by atoms with Crippen molar-refractivity contribution in [2.75, 3.05) is 24.9 Å². The normalized spacial score (nSPS) is 10.5. The van der Waals surface area contributed by atoms with E-state index in [4.69, 9.17) is 9.47 Å². The van der Waals surface area contributed by atoms with E-state index >= 15 is 0 Å². The number of methoxy groups -OCH3 is 2. The number of rotatable bonds is 7. The summed E-state index contributed by atoms with van der Waals surface area (Å²) >= 11 is 0. The van der Waals surface area contributed by atoms with E-state index in [1.54, 1.807) is 26.4 Å². The van der Waals surface area contributed by atoms with Crippen molar-refractivity contribution >= 4 is 23.1 Å². The van der Waals surface area contributed by atoms with E-state index in [1.165, 1.54) is 11.8 Å². The molecule has 0 saturated heterocycles. The Morgan fingerprint density at radius 3 is 2.31 bits per heavy atom. The fourth-order valence-electron chi connectivity index (χ4n) is 2.81. The van der Waals surface area contributed by atoms with E-state index in [0.29, 0.717) is 28.8 Å². The van der Waals surface area contributed by atoms with Crippen molar-refractivity contribution in [2.24, 2.45) is 0 Å². The largest absolute Gasteiger partial charge is 0.497 e. The van der Waals surface area contributed by atoms with Gasteiger partial charge in [-0.2, -0.15) is 0 Å². The molecular formula is C23H25N3O3. The Labute approximate surface area is 170 Å². The van der Waals surface area contributed by atoms with Gasteiger partial charge in [-0.1, -0.05) is 26.0 Å². The first-order chi connectivity index (χ1) is 14.0. The molecule has 3 rings (SSSR count). The molecule has 0 radical (unpaired) electrons. The number of anilines is 3. The van der Waals surface area contributed by atoms with Crippen LogP contribution in [-0.4, -0.2) is 25.1 Å². The van der Waals surface area contributed by atoms with E-state index in [1.807, 2.05) is 42.5 Å². The summed E-state index contributed by atoms with van der Waals surface area (Å²) in [7, 11) is 3.20. The Morgan fingerprint density at radius 2 is 1.72 bits per heavy atom. The average Bonchev–Trinajstić information content (AvgIpc) is 2.74. The third-order valence-electron chi connectivity index (χ3n) is 4.53. The van der Waals surface area contributed by atoms with E-state index in [2.05, 4.69) is 29.5 Å². The van der Waals surface area contributed by atoms with Crippen LogP contribution in [0.1, 0.15) is 35.7 Å². The Balaban J connectivity index is 1.69. The monoisotopic (exact) mass is 391 g/mol. The van der Waals surface area contributed by atoms with Gasteiger partial charge in [0.25, 0.3) is 5.91 Å². The standard InChI is InChI=1S/C23H25N3O3/c1-15(2)16-5-8-18(9-6-16)25-23(27)17-7-12-22(24-14-17)26-20-13-19(28-3)10-11-21(20)29-4/h5-15H,1-4H3,(H,24,26)(H,25,27). The molecule has 6 heteroatoms. The summed E-state index contributed by atoms with van der Waals surface area (Å²) in [6.45, 7) is 4.27. The summed E-state index contributed by atoms with van der Waals surface area (Å²) in [5.74, 6) is 2.20. The molecule has 0 fully saturated rings. The van der Waals surface area contributed by atoms with Gasteiger partial charge in [-0.05, 0) is 47.9 Å². The van der Waals surface area contributed by atoms with Crippen LogP contribution < -0.4 is 20.1 Å². The minimum Gasteiger partial charge on any atom is -0.497 e. The molecule has 0 aliphatic carbocycles. The average molecular weight is 391 g/mol. The number of pyridine rings is 1. The Morgan fingerprint density at radius 1 is 0.966 bits per heavy atom. The fourth-order valence-corrected chi connectivity index (χ4v) is 2.81.